The molecule has 0 aromatic heterocycles. The Hall–Kier alpha value is -2.15. The van der Waals surface area contributed by atoms with Crippen LogP contribution in [0.1, 0.15) is 18.4 Å². The fraction of sp³-hybridized carbons (Fsp3) is 0.400. The maximum absolute atomic E-state index is 11.4. The Morgan fingerprint density at radius 1 is 1.32 bits per heavy atom. The van der Waals surface area contributed by atoms with Crippen molar-refractivity contribution in [2.24, 2.45) is 0 Å². The first kappa shape index (κ1) is 14.9. The zero-order valence-electron chi connectivity index (χ0n) is 11.4. The highest BCUT2D eigenvalue weighted by atomic mass is 16.5. The standard InChI is InChI=1S/C15H19NO3/c1-4-5-6-15(17)16-10-9-12-7-8-13(18-2)14(11-12)19-3/h1,7-8,11H,5-6,9-10H2,2-3H3,(H,16,17). The minimum Gasteiger partial charge on any atom is -0.493 e. The smallest absolute Gasteiger partial charge is 0.220 e. The summed E-state index contributed by atoms with van der Waals surface area (Å²) in [5.74, 6) is 3.82. The van der Waals surface area contributed by atoms with Crippen molar-refractivity contribution in [3.63, 3.8) is 0 Å². The van der Waals surface area contributed by atoms with E-state index in [0.717, 1.165) is 12.0 Å². The van der Waals surface area contributed by atoms with E-state index in [1.54, 1.807) is 14.2 Å². The Bertz CT molecular complexity index is 463. The summed E-state index contributed by atoms with van der Waals surface area (Å²) in [7, 11) is 3.20. The third-order valence-corrected chi connectivity index (χ3v) is 2.68. The Balaban J connectivity index is 2.46. The van der Waals surface area contributed by atoms with Gasteiger partial charge in [0.2, 0.25) is 5.91 Å². The molecule has 0 spiro atoms. The van der Waals surface area contributed by atoms with Gasteiger partial charge < -0.3 is 14.8 Å². The summed E-state index contributed by atoms with van der Waals surface area (Å²) in [5, 5.41) is 2.83. The molecule has 0 unspecified atom stereocenters. The van der Waals surface area contributed by atoms with E-state index in [0.29, 0.717) is 30.9 Å². The van der Waals surface area contributed by atoms with Crippen LogP contribution in [0.4, 0.5) is 0 Å². The van der Waals surface area contributed by atoms with Gasteiger partial charge in [-0.1, -0.05) is 6.07 Å². The maximum Gasteiger partial charge on any atom is 0.220 e. The van der Waals surface area contributed by atoms with Crippen LogP contribution in [0.15, 0.2) is 18.2 Å². The van der Waals surface area contributed by atoms with Crippen LogP contribution >= 0.6 is 0 Å². The van der Waals surface area contributed by atoms with Crippen LogP contribution in [0.25, 0.3) is 0 Å². The number of amides is 1. The molecule has 0 atom stereocenters. The molecule has 0 saturated heterocycles. The predicted molar refractivity (Wildman–Crippen MR) is 74.3 cm³/mol. The average Bonchev–Trinajstić information content (AvgIpc) is 2.44. The Morgan fingerprint density at radius 2 is 2.05 bits per heavy atom. The third-order valence-electron chi connectivity index (χ3n) is 2.68. The molecule has 0 saturated carbocycles. The lowest BCUT2D eigenvalue weighted by Crippen LogP contribution is -2.25. The van der Waals surface area contributed by atoms with Gasteiger partial charge in [-0.2, -0.15) is 0 Å². The average molecular weight is 261 g/mol. The van der Waals surface area contributed by atoms with Gasteiger partial charge in [0.05, 0.1) is 14.2 Å². The second kappa shape index (κ2) is 8.04. The molecule has 4 nitrogen and oxygen atoms in total. The summed E-state index contributed by atoms with van der Waals surface area (Å²) in [4.78, 5) is 11.4. The van der Waals surface area contributed by atoms with Crippen LogP contribution in [0, 0.1) is 12.3 Å². The van der Waals surface area contributed by atoms with E-state index in [4.69, 9.17) is 15.9 Å². The summed E-state index contributed by atoms with van der Waals surface area (Å²) in [6, 6.07) is 5.72. The first-order valence-electron chi connectivity index (χ1n) is 6.12. The Morgan fingerprint density at radius 3 is 2.68 bits per heavy atom. The minimum absolute atomic E-state index is 0.0153. The summed E-state index contributed by atoms with van der Waals surface area (Å²) >= 11 is 0. The van der Waals surface area contributed by atoms with Gasteiger partial charge in [-0.3, -0.25) is 4.79 Å². The van der Waals surface area contributed by atoms with Gasteiger partial charge in [0, 0.05) is 19.4 Å². The molecule has 102 valence electrons. The van der Waals surface area contributed by atoms with Gasteiger partial charge in [0.1, 0.15) is 0 Å². The van der Waals surface area contributed by atoms with Crippen molar-refractivity contribution >= 4 is 5.91 Å². The number of carbonyl (C=O) groups is 1. The fourth-order valence-corrected chi connectivity index (χ4v) is 1.66. The second-order valence-corrected chi connectivity index (χ2v) is 3.99. The highest BCUT2D eigenvalue weighted by molar-refractivity contribution is 5.76. The lowest BCUT2D eigenvalue weighted by atomic mass is 10.1. The van der Waals surface area contributed by atoms with Gasteiger partial charge in [0.15, 0.2) is 11.5 Å². The fourth-order valence-electron chi connectivity index (χ4n) is 1.66. The van der Waals surface area contributed by atoms with Crippen LogP contribution < -0.4 is 14.8 Å². The number of carbonyl (C=O) groups excluding carboxylic acids is 1. The zero-order valence-corrected chi connectivity index (χ0v) is 11.4. The third kappa shape index (κ3) is 4.92. The number of terminal acetylenes is 1. The van der Waals surface area contributed by atoms with E-state index in [1.165, 1.54) is 0 Å². The highest BCUT2D eigenvalue weighted by Gasteiger charge is 2.05. The van der Waals surface area contributed by atoms with Crippen molar-refractivity contribution in [2.75, 3.05) is 20.8 Å². The van der Waals surface area contributed by atoms with Crippen LogP contribution in [-0.2, 0) is 11.2 Å². The second-order valence-electron chi connectivity index (χ2n) is 3.99. The number of hydrogen-bond acceptors (Lipinski definition) is 3. The number of benzene rings is 1. The first-order chi connectivity index (χ1) is 9.21. The molecule has 4 heteroatoms. The van der Waals surface area contributed by atoms with Gasteiger partial charge in [-0.15, -0.1) is 12.3 Å². The molecular weight excluding hydrogens is 242 g/mol. The molecule has 1 aromatic rings. The molecule has 1 N–H and O–H groups in total. The summed E-state index contributed by atoms with van der Waals surface area (Å²) < 4.78 is 10.4. The molecule has 1 amide bonds. The predicted octanol–water partition coefficient (Wildman–Crippen LogP) is 1.78. The van der Waals surface area contributed by atoms with Gasteiger partial charge >= 0.3 is 0 Å². The summed E-state index contributed by atoms with van der Waals surface area (Å²) in [6.07, 6.45) is 6.69. The molecule has 19 heavy (non-hydrogen) atoms. The molecule has 0 aliphatic heterocycles. The van der Waals surface area contributed by atoms with Gasteiger partial charge in [0.25, 0.3) is 0 Å². The number of rotatable bonds is 7. The lowest BCUT2D eigenvalue weighted by molar-refractivity contribution is -0.120. The van der Waals surface area contributed by atoms with E-state index in [1.807, 2.05) is 18.2 Å². The Kier molecular flexibility index (Phi) is 6.31. The highest BCUT2D eigenvalue weighted by Crippen LogP contribution is 2.27. The van der Waals surface area contributed by atoms with Crippen molar-refractivity contribution in [2.45, 2.75) is 19.3 Å². The van der Waals surface area contributed by atoms with E-state index >= 15 is 0 Å². The number of methoxy groups -OCH3 is 2. The maximum atomic E-state index is 11.4. The van der Waals surface area contributed by atoms with Crippen molar-refractivity contribution < 1.29 is 14.3 Å². The number of hydrogen-bond donors (Lipinski definition) is 1. The molecule has 0 radical (unpaired) electrons. The van der Waals surface area contributed by atoms with Crippen LogP contribution in [-0.4, -0.2) is 26.7 Å². The van der Waals surface area contributed by atoms with E-state index in [2.05, 4.69) is 11.2 Å². The Labute approximate surface area is 114 Å². The molecule has 1 rings (SSSR count). The van der Waals surface area contributed by atoms with Crippen LogP contribution in [0.3, 0.4) is 0 Å². The topological polar surface area (TPSA) is 47.6 Å². The SMILES string of the molecule is C#CCCC(=O)NCCc1ccc(OC)c(OC)c1. The van der Waals surface area contributed by atoms with Crippen molar-refractivity contribution in [1.29, 1.82) is 0 Å². The van der Waals surface area contributed by atoms with Crippen LogP contribution in [0.2, 0.25) is 0 Å². The van der Waals surface area contributed by atoms with Crippen molar-refractivity contribution in [3.8, 4) is 23.8 Å². The summed E-state index contributed by atoms with van der Waals surface area (Å²) in [6.45, 7) is 0.582. The minimum atomic E-state index is -0.0153. The normalized spacial score (nSPS) is 9.53. The van der Waals surface area contributed by atoms with Crippen LogP contribution in [0.5, 0.6) is 11.5 Å². The lowest BCUT2D eigenvalue weighted by Gasteiger charge is -2.10. The van der Waals surface area contributed by atoms with E-state index < -0.39 is 0 Å². The molecule has 1 aromatic carbocycles. The quantitative estimate of drug-likeness (QED) is 0.761. The number of nitrogens with one attached hydrogen (secondary N) is 1. The van der Waals surface area contributed by atoms with E-state index in [9.17, 15) is 4.79 Å². The molecule has 0 fully saturated rings. The zero-order chi connectivity index (χ0) is 14.1. The molecule has 0 bridgehead atoms. The molecular formula is C15H19NO3. The largest absolute Gasteiger partial charge is 0.493 e. The number of ether oxygens (including phenoxy) is 2. The molecule has 0 aliphatic rings. The van der Waals surface area contributed by atoms with E-state index in [-0.39, 0.29) is 5.91 Å². The van der Waals surface area contributed by atoms with Crippen molar-refractivity contribution in [3.05, 3.63) is 23.8 Å². The first-order valence-corrected chi connectivity index (χ1v) is 6.12. The summed E-state index contributed by atoms with van der Waals surface area (Å²) in [5.41, 5.74) is 1.08. The van der Waals surface area contributed by atoms with Gasteiger partial charge in [-0.25, -0.2) is 0 Å². The monoisotopic (exact) mass is 261 g/mol. The van der Waals surface area contributed by atoms with Crippen molar-refractivity contribution in [1.82, 2.24) is 5.32 Å². The van der Waals surface area contributed by atoms with Gasteiger partial charge in [-0.05, 0) is 24.1 Å². The molecule has 0 heterocycles. The molecule has 0 aliphatic carbocycles.